The van der Waals surface area contributed by atoms with Crippen molar-refractivity contribution in [3.63, 3.8) is 0 Å². The maximum atomic E-state index is 12.5. The van der Waals surface area contributed by atoms with E-state index in [1.165, 1.54) is 0 Å². The maximum absolute atomic E-state index is 12.5. The van der Waals surface area contributed by atoms with E-state index in [1.54, 1.807) is 10.8 Å². The monoisotopic (exact) mass is 353 g/mol. The highest BCUT2D eigenvalue weighted by molar-refractivity contribution is 5.52. The van der Waals surface area contributed by atoms with Crippen molar-refractivity contribution in [3.05, 3.63) is 79.9 Å². The van der Waals surface area contributed by atoms with Gasteiger partial charge in [0.25, 0.3) is 5.56 Å². The van der Waals surface area contributed by atoms with E-state index >= 15 is 0 Å². The molecule has 1 aliphatic rings. The van der Waals surface area contributed by atoms with Gasteiger partial charge in [0.2, 0.25) is 0 Å². The summed E-state index contributed by atoms with van der Waals surface area (Å²) in [6.07, 6.45) is 1.64. The standard InChI is InChI=1S/C19H20N4O3/c1-12-5-6-14(8-13(12)2)23-17-16(18(24)21-19(23)25)10-22(11-20-17)9-15-4-3-7-26-15/h3-8,20H,9-11H2,1-2H3,(H,21,24,25)/p+1. The summed E-state index contributed by atoms with van der Waals surface area (Å²) >= 11 is 0. The molecule has 3 heterocycles. The smallest absolute Gasteiger partial charge is 0.334 e. The van der Waals surface area contributed by atoms with Crippen molar-refractivity contribution in [1.29, 1.82) is 0 Å². The van der Waals surface area contributed by atoms with Crippen LogP contribution in [-0.2, 0) is 13.1 Å². The zero-order valence-electron chi connectivity index (χ0n) is 14.8. The quantitative estimate of drug-likeness (QED) is 0.647. The van der Waals surface area contributed by atoms with Crippen LogP contribution in [0.15, 0.2) is 50.6 Å². The summed E-state index contributed by atoms with van der Waals surface area (Å²) < 4.78 is 6.95. The lowest BCUT2D eigenvalue weighted by Gasteiger charge is -2.27. The van der Waals surface area contributed by atoms with Gasteiger partial charge in [0, 0.05) is 0 Å². The summed E-state index contributed by atoms with van der Waals surface area (Å²) in [6.45, 7) is 5.82. The predicted octanol–water partition coefficient (Wildman–Crippen LogP) is 0.704. The Morgan fingerprint density at radius 3 is 2.77 bits per heavy atom. The first-order chi connectivity index (χ1) is 12.5. The van der Waals surface area contributed by atoms with Crippen LogP contribution in [0.5, 0.6) is 0 Å². The molecule has 0 saturated heterocycles. The number of aromatic amines is 1. The number of benzene rings is 1. The van der Waals surface area contributed by atoms with Gasteiger partial charge in [0.1, 0.15) is 24.5 Å². The maximum Gasteiger partial charge on any atom is 0.334 e. The van der Waals surface area contributed by atoms with Crippen LogP contribution in [0.3, 0.4) is 0 Å². The Labute approximate surface area is 149 Å². The second kappa shape index (κ2) is 6.34. The molecule has 7 heteroatoms. The topological polar surface area (TPSA) is 84.5 Å². The highest BCUT2D eigenvalue weighted by atomic mass is 16.3. The van der Waals surface area contributed by atoms with Gasteiger partial charge in [0.05, 0.1) is 12.0 Å². The largest absolute Gasteiger partial charge is 0.463 e. The van der Waals surface area contributed by atoms with Crippen LogP contribution in [-0.4, -0.2) is 16.2 Å². The van der Waals surface area contributed by atoms with Gasteiger partial charge in [-0.3, -0.25) is 9.78 Å². The van der Waals surface area contributed by atoms with Crippen molar-refractivity contribution in [2.75, 3.05) is 12.0 Å². The molecule has 0 spiro atoms. The highest BCUT2D eigenvalue weighted by Gasteiger charge is 2.26. The summed E-state index contributed by atoms with van der Waals surface area (Å²) in [5, 5.41) is 3.27. The Hall–Kier alpha value is -3.06. The van der Waals surface area contributed by atoms with Gasteiger partial charge in [-0.1, -0.05) is 6.07 Å². The number of anilines is 1. The molecule has 0 radical (unpaired) electrons. The third-order valence-corrected chi connectivity index (χ3v) is 4.89. The Kier molecular flexibility index (Phi) is 4.00. The molecular formula is C19H21N4O3+. The number of fused-ring (bicyclic) bond motifs is 1. The fourth-order valence-corrected chi connectivity index (χ4v) is 3.34. The van der Waals surface area contributed by atoms with Crippen molar-refractivity contribution < 1.29 is 9.32 Å². The third kappa shape index (κ3) is 2.86. The van der Waals surface area contributed by atoms with Gasteiger partial charge in [-0.25, -0.2) is 9.36 Å². The Morgan fingerprint density at radius 1 is 1.19 bits per heavy atom. The number of aromatic nitrogens is 2. The van der Waals surface area contributed by atoms with Gasteiger partial charge < -0.3 is 14.6 Å². The normalized spacial score (nSPS) is 16.2. The van der Waals surface area contributed by atoms with Crippen molar-refractivity contribution in [3.8, 4) is 5.69 Å². The SMILES string of the molecule is Cc1ccc(-n2c3c(c(=O)[nH]c2=O)C[NH+](Cc2ccco2)CN3)cc1C. The Balaban J connectivity index is 1.76. The number of hydrogen-bond donors (Lipinski definition) is 3. The molecule has 3 aromatic rings. The number of rotatable bonds is 3. The number of hydrogen-bond acceptors (Lipinski definition) is 4. The molecule has 0 fully saturated rings. The molecule has 1 aromatic carbocycles. The molecule has 1 unspecified atom stereocenters. The Bertz CT molecular complexity index is 1060. The molecule has 2 aromatic heterocycles. The molecule has 0 saturated carbocycles. The van der Waals surface area contributed by atoms with E-state index in [9.17, 15) is 9.59 Å². The van der Waals surface area contributed by atoms with E-state index in [4.69, 9.17) is 4.42 Å². The molecule has 0 bridgehead atoms. The number of nitrogens with one attached hydrogen (secondary N) is 3. The van der Waals surface area contributed by atoms with Crippen LogP contribution in [0.2, 0.25) is 0 Å². The van der Waals surface area contributed by atoms with Gasteiger partial charge >= 0.3 is 5.69 Å². The van der Waals surface area contributed by atoms with E-state index in [2.05, 4.69) is 10.3 Å². The highest BCUT2D eigenvalue weighted by Crippen LogP contribution is 2.19. The van der Waals surface area contributed by atoms with E-state index in [-0.39, 0.29) is 5.56 Å². The van der Waals surface area contributed by atoms with Gasteiger partial charge in [-0.2, -0.15) is 0 Å². The molecule has 1 atom stereocenters. The van der Waals surface area contributed by atoms with Crippen LogP contribution < -0.4 is 21.5 Å². The average molecular weight is 353 g/mol. The number of nitrogens with zero attached hydrogens (tertiary/aromatic N) is 1. The number of H-pyrrole nitrogens is 1. The molecule has 26 heavy (non-hydrogen) atoms. The molecule has 1 aliphatic heterocycles. The zero-order valence-corrected chi connectivity index (χ0v) is 14.8. The molecule has 3 N–H and O–H groups in total. The van der Waals surface area contributed by atoms with Gasteiger partial charge in [0.15, 0.2) is 12.4 Å². The first-order valence-electron chi connectivity index (χ1n) is 8.58. The molecule has 4 rings (SSSR count). The fraction of sp³-hybridized carbons (Fsp3) is 0.263. The van der Waals surface area contributed by atoms with E-state index in [0.717, 1.165) is 27.5 Å². The zero-order chi connectivity index (χ0) is 18.3. The first kappa shape index (κ1) is 16.4. The summed E-state index contributed by atoms with van der Waals surface area (Å²) in [5.41, 5.74) is 2.80. The summed E-state index contributed by atoms with van der Waals surface area (Å²) in [5.74, 6) is 1.44. The second-order valence-corrected chi connectivity index (χ2v) is 6.73. The van der Waals surface area contributed by atoms with Gasteiger partial charge in [-0.15, -0.1) is 0 Å². The summed E-state index contributed by atoms with van der Waals surface area (Å²) in [6, 6.07) is 9.60. The number of quaternary nitrogens is 1. The van der Waals surface area contributed by atoms with Crippen molar-refractivity contribution in [2.24, 2.45) is 0 Å². The molecule has 0 aliphatic carbocycles. The minimum absolute atomic E-state index is 0.339. The van der Waals surface area contributed by atoms with Crippen LogP contribution in [0.4, 0.5) is 5.82 Å². The second-order valence-electron chi connectivity index (χ2n) is 6.73. The number of aryl methyl sites for hydroxylation is 2. The lowest BCUT2D eigenvalue weighted by Crippen LogP contribution is -3.11. The number of furan rings is 1. The first-order valence-corrected chi connectivity index (χ1v) is 8.58. The molecule has 7 nitrogen and oxygen atoms in total. The Morgan fingerprint density at radius 2 is 2.04 bits per heavy atom. The van der Waals surface area contributed by atoms with Crippen molar-refractivity contribution in [2.45, 2.75) is 26.9 Å². The van der Waals surface area contributed by atoms with Crippen LogP contribution in [0.1, 0.15) is 22.5 Å². The minimum Gasteiger partial charge on any atom is -0.463 e. The summed E-state index contributed by atoms with van der Waals surface area (Å²) in [4.78, 5) is 28.5. The molecule has 0 amide bonds. The van der Waals surface area contributed by atoms with Gasteiger partial charge in [-0.05, 0) is 49.2 Å². The van der Waals surface area contributed by atoms with E-state index in [1.807, 2.05) is 44.2 Å². The lowest BCUT2D eigenvalue weighted by molar-refractivity contribution is -0.926. The van der Waals surface area contributed by atoms with E-state index < -0.39 is 5.69 Å². The predicted molar refractivity (Wildman–Crippen MR) is 97.7 cm³/mol. The third-order valence-electron chi connectivity index (χ3n) is 4.89. The van der Waals surface area contributed by atoms with Crippen LogP contribution >= 0.6 is 0 Å². The van der Waals surface area contributed by atoms with Crippen molar-refractivity contribution >= 4 is 5.82 Å². The summed E-state index contributed by atoms with van der Waals surface area (Å²) in [7, 11) is 0. The van der Waals surface area contributed by atoms with Crippen LogP contribution in [0, 0.1) is 13.8 Å². The average Bonchev–Trinajstić information content (AvgIpc) is 3.11. The lowest BCUT2D eigenvalue weighted by atomic mass is 10.1. The van der Waals surface area contributed by atoms with Crippen molar-refractivity contribution in [1.82, 2.24) is 9.55 Å². The molecule has 134 valence electrons. The fourth-order valence-electron chi connectivity index (χ4n) is 3.34. The minimum atomic E-state index is -0.431. The van der Waals surface area contributed by atoms with Crippen LogP contribution in [0.25, 0.3) is 5.69 Å². The van der Waals surface area contributed by atoms with E-state index in [0.29, 0.717) is 31.1 Å². The molecular weight excluding hydrogens is 332 g/mol.